The van der Waals surface area contributed by atoms with E-state index in [1.165, 1.54) is 0 Å². The SMILES string of the molecule is COCCCn1c(Cc2cccc(Cl)c2)nc2cccnc21. The minimum absolute atomic E-state index is 0.725. The number of benzene rings is 1. The van der Waals surface area contributed by atoms with Crippen LogP contribution in [-0.4, -0.2) is 28.3 Å². The molecule has 0 aliphatic heterocycles. The van der Waals surface area contributed by atoms with Gasteiger partial charge >= 0.3 is 0 Å². The fourth-order valence-electron chi connectivity index (χ4n) is 2.57. The first kappa shape index (κ1) is 15.0. The van der Waals surface area contributed by atoms with Gasteiger partial charge in [0, 0.05) is 37.9 Å². The highest BCUT2D eigenvalue weighted by Crippen LogP contribution is 2.19. The first-order chi connectivity index (χ1) is 10.8. The summed E-state index contributed by atoms with van der Waals surface area (Å²) in [6.07, 6.45) is 3.48. The van der Waals surface area contributed by atoms with Crippen LogP contribution in [0, 0.1) is 0 Å². The average Bonchev–Trinajstić information content (AvgIpc) is 2.85. The molecule has 0 saturated carbocycles. The monoisotopic (exact) mass is 315 g/mol. The lowest BCUT2D eigenvalue weighted by molar-refractivity contribution is 0.190. The van der Waals surface area contributed by atoms with Crippen molar-refractivity contribution in [3.63, 3.8) is 0 Å². The van der Waals surface area contributed by atoms with Gasteiger partial charge < -0.3 is 9.30 Å². The molecule has 0 bridgehead atoms. The van der Waals surface area contributed by atoms with Crippen molar-refractivity contribution in [2.45, 2.75) is 19.4 Å². The Bertz CT molecular complexity index is 769. The van der Waals surface area contributed by atoms with Gasteiger partial charge in [0.2, 0.25) is 0 Å². The average molecular weight is 316 g/mol. The lowest BCUT2D eigenvalue weighted by atomic mass is 10.1. The molecule has 0 atom stereocenters. The Labute approximate surface area is 134 Å². The first-order valence-electron chi connectivity index (χ1n) is 7.31. The number of aryl methyl sites for hydroxylation is 1. The maximum absolute atomic E-state index is 6.08. The van der Waals surface area contributed by atoms with Crippen LogP contribution in [0.5, 0.6) is 0 Å². The number of methoxy groups -OCH3 is 1. The van der Waals surface area contributed by atoms with E-state index in [9.17, 15) is 0 Å². The van der Waals surface area contributed by atoms with Gasteiger partial charge in [0.15, 0.2) is 5.65 Å². The Morgan fingerprint density at radius 1 is 1.23 bits per heavy atom. The largest absolute Gasteiger partial charge is 0.385 e. The third kappa shape index (κ3) is 3.29. The number of pyridine rings is 1. The van der Waals surface area contributed by atoms with Gasteiger partial charge in [0.05, 0.1) is 0 Å². The van der Waals surface area contributed by atoms with E-state index in [2.05, 4.69) is 15.6 Å². The van der Waals surface area contributed by atoms with Gasteiger partial charge in [-0.3, -0.25) is 0 Å². The lowest BCUT2D eigenvalue weighted by Gasteiger charge is -2.08. The van der Waals surface area contributed by atoms with Crippen molar-refractivity contribution in [3.05, 3.63) is 59.0 Å². The lowest BCUT2D eigenvalue weighted by Crippen LogP contribution is -2.07. The molecule has 3 rings (SSSR count). The molecule has 0 aliphatic rings. The third-order valence-electron chi connectivity index (χ3n) is 3.56. The standard InChI is InChI=1S/C17H18ClN3O/c1-22-10-4-9-21-16(12-13-5-2-6-14(18)11-13)20-15-7-3-8-19-17(15)21/h2-3,5-8,11H,4,9-10,12H2,1H3. The van der Waals surface area contributed by atoms with Crippen LogP contribution in [-0.2, 0) is 17.7 Å². The third-order valence-corrected chi connectivity index (χ3v) is 3.80. The summed E-state index contributed by atoms with van der Waals surface area (Å²) >= 11 is 6.08. The van der Waals surface area contributed by atoms with E-state index < -0.39 is 0 Å². The van der Waals surface area contributed by atoms with Gasteiger partial charge in [0.25, 0.3) is 0 Å². The molecular weight excluding hydrogens is 298 g/mol. The van der Waals surface area contributed by atoms with Gasteiger partial charge in [-0.2, -0.15) is 0 Å². The van der Waals surface area contributed by atoms with E-state index in [4.69, 9.17) is 21.3 Å². The normalized spacial score (nSPS) is 11.2. The second kappa shape index (κ2) is 6.90. The summed E-state index contributed by atoms with van der Waals surface area (Å²) in [6, 6.07) is 11.8. The van der Waals surface area contributed by atoms with E-state index in [0.717, 1.165) is 53.6 Å². The molecular formula is C17H18ClN3O. The van der Waals surface area contributed by atoms with Crippen LogP contribution in [0.3, 0.4) is 0 Å². The number of hydrogen-bond acceptors (Lipinski definition) is 3. The summed E-state index contributed by atoms with van der Waals surface area (Å²) in [6.45, 7) is 1.57. The Kier molecular flexibility index (Phi) is 4.71. The molecule has 2 heterocycles. The number of nitrogens with zero attached hydrogens (tertiary/aromatic N) is 3. The molecule has 0 unspecified atom stereocenters. The molecule has 0 fully saturated rings. The zero-order chi connectivity index (χ0) is 15.4. The Morgan fingerprint density at radius 2 is 2.14 bits per heavy atom. The topological polar surface area (TPSA) is 39.9 Å². The minimum atomic E-state index is 0.725. The van der Waals surface area contributed by atoms with Gasteiger partial charge in [-0.25, -0.2) is 9.97 Å². The molecule has 22 heavy (non-hydrogen) atoms. The molecule has 3 aromatic rings. The van der Waals surface area contributed by atoms with Crippen LogP contribution in [0.1, 0.15) is 17.8 Å². The maximum atomic E-state index is 6.08. The summed E-state index contributed by atoms with van der Waals surface area (Å²) in [5.41, 5.74) is 3.00. The van der Waals surface area contributed by atoms with Gasteiger partial charge in [-0.05, 0) is 36.2 Å². The number of fused-ring (bicyclic) bond motifs is 1. The highest BCUT2D eigenvalue weighted by Gasteiger charge is 2.12. The van der Waals surface area contributed by atoms with Crippen LogP contribution < -0.4 is 0 Å². The summed E-state index contributed by atoms with van der Waals surface area (Å²) < 4.78 is 7.33. The van der Waals surface area contributed by atoms with Gasteiger partial charge in [-0.1, -0.05) is 23.7 Å². The predicted octanol–water partition coefficient (Wildman–Crippen LogP) is 3.71. The van der Waals surface area contributed by atoms with E-state index in [1.807, 2.05) is 30.3 Å². The van der Waals surface area contributed by atoms with Crippen LogP contribution in [0.15, 0.2) is 42.6 Å². The van der Waals surface area contributed by atoms with E-state index >= 15 is 0 Å². The summed E-state index contributed by atoms with van der Waals surface area (Å²) in [7, 11) is 1.72. The Morgan fingerprint density at radius 3 is 2.95 bits per heavy atom. The van der Waals surface area contributed by atoms with E-state index in [-0.39, 0.29) is 0 Å². The summed E-state index contributed by atoms with van der Waals surface area (Å²) in [5.74, 6) is 1.01. The van der Waals surface area contributed by atoms with Gasteiger partial charge in [0.1, 0.15) is 11.3 Å². The second-order valence-electron chi connectivity index (χ2n) is 5.18. The number of halogens is 1. The number of ether oxygens (including phenoxy) is 1. The molecule has 0 radical (unpaired) electrons. The van der Waals surface area contributed by atoms with Crippen molar-refractivity contribution in [1.82, 2.24) is 14.5 Å². The molecule has 0 aliphatic carbocycles. The van der Waals surface area contributed by atoms with E-state index in [0.29, 0.717) is 0 Å². The molecule has 114 valence electrons. The van der Waals surface area contributed by atoms with Crippen LogP contribution >= 0.6 is 11.6 Å². The smallest absolute Gasteiger partial charge is 0.159 e. The van der Waals surface area contributed by atoms with Crippen LogP contribution in [0.25, 0.3) is 11.2 Å². The Balaban J connectivity index is 1.94. The first-order valence-corrected chi connectivity index (χ1v) is 7.69. The highest BCUT2D eigenvalue weighted by molar-refractivity contribution is 6.30. The van der Waals surface area contributed by atoms with Crippen LogP contribution in [0.2, 0.25) is 5.02 Å². The highest BCUT2D eigenvalue weighted by atomic mass is 35.5. The number of aromatic nitrogens is 3. The van der Waals surface area contributed by atoms with Gasteiger partial charge in [-0.15, -0.1) is 0 Å². The molecule has 0 N–H and O–H groups in total. The molecule has 1 aromatic carbocycles. The molecule has 5 heteroatoms. The van der Waals surface area contributed by atoms with Crippen molar-refractivity contribution >= 4 is 22.8 Å². The number of rotatable bonds is 6. The van der Waals surface area contributed by atoms with E-state index in [1.54, 1.807) is 13.3 Å². The Hall–Kier alpha value is -1.91. The van der Waals surface area contributed by atoms with Crippen molar-refractivity contribution in [2.24, 2.45) is 0 Å². The zero-order valence-electron chi connectivity index (χ0n) is 12.5. The molecule has 0 saturated heterocycles. The second-order valence-corrected chi connectivity index (χ2v) is 5.62. The van der Waals surface area contributed by atoms with Crippen molar-refractivity contribution in [1.29, 1.82) is 0 Å². The van der Waals surface area contributed by atoms with Crippen LogP contribution in [0.4, 0.5) is 0 Å². The molecule has 0 spiro atoms. The fourth-order valence-corrected chi connectivity index (χ4v) is 2.78. The maximum Gasteiger partial charge on any atom is 0.159 e. The minimum Gasteiger partial charge on any atom is -0.385 e. The van der Waals surface area contributed by atoms with Crippen molar-refractivity contribution < 1.29 is 4.74 Å². The summed E-state index contributed by atoms with van der Waals surface area (Å²) in [4.78, 5) is 9.21. The van der Waals surface area contributed by atoms with Crippen molar-refractivity contribution in [3.8, 4) is 0 Å². The predicted molar refractivity (Wildman–Crippen MR) is 88.3 cm³/mol. The number of hydrogen-bond donors (Lipinski definition) is 0. The summed E-state index contributed by atoms with van der Waals surface area (Å²) in [5, 5.41) is 0.748. The quantitative estimate of drug-likeness (QED) is 0.651. The molecule has 0 amide bonds. The van der Waals surface area contributed by atoms with Crippen molar-refractivity contribution in [2.75, 3.05) is 13.7 Å². The molecule has 4 nitrogen and oxygen atoms in total. The number of imidazole rings is 1. The zero-order valence-corrected chi connectivity index (χ0v) is 13.3. The molecule has 2 aromatic heterocycles. The fraction of sp³-hybridized carbons (Fsp3) is 0.294.